The van der Waals surface area contributed by atoms with Crippen LogP contribution in [0.3, 0.4) is 0 Å². The SMILES string of the molecule is Fc1cc(Cl)ccc1C(NC1CCN(c2ccc(C(F)(F)F)cc2F)CC1)c1cccnc1. The fourth-order valence-corrected chi connectivity index (χ4v) is 4.27. The summed E-state index contributed by atoms with van der Waals surface area (Å²) in [6.07, 6.45) is -0.0817. The van der Waals surface area contributed by atoms with E-state index in [0.29, 0.717) is 42.6 Å². The average Bonchev–Trinajstić information content (AvgIpc) is 2.78. The molecule has 0 amide bonds. The van der Waals surface area contributed by atoms with Gasteiger partial charge in [0.2, 0.25) is 0 Å². The molecule has 1 fully saturated rings. The maximum Gasteiger partial charge on any atom is 0.416 e. The van der Waals surface area contributed by atoms with E-state index >= 15 is 0 Å². The van der Waals surface area contributed by atoms with Crippen LogP contribution in [0.2, 0.25) is 5.02 Å². The average molecular weight is 482 g/mol. The normalized spacial score (nSPS) is 16.1. The third-order valence-electron chi connectivity index (χ3n) is 5.80. The van der Waals surface area contributed by atoms with Gasteiger partial charge in [0, 0.05) is 42.1 Å². The van der Waals surface area contributed by atoms with Crippen molar-refractivity contribution >= 4 is 17.3 Å². The lowest BCUT2D eigenvalue weighted by molar-refractivity contribution is -0.137. The third-order valence-corrected chi connectivity index (χ3v) is 6.04. The lowest BCUT2D eigenvalue weighted by Crippen LogP contribution is -2.44. The minimum Gasteiger partial charge on any atom is -0.369 e. The number of hydrogen-bond donors (Lipinski definition) is 1. The summed E-state index contributed by atoms with van der Waals surface area (Å²) in [5, 5.41) is 3.77. The van der Waals surface area contributed by atoms with Crippen LogP contribution in [0.25, 0.3) is 0 Å². The van der Waals surface area contributed by atoms with Gasteiger partial charge in [-0.3, -0.25) is 4.98 Å². The van der Waals surface area contributed by atoms with Crippen molar-refractivity contribution in [2.75, 3.05) is 18.0 Å². The highest BCUT2D eigenvalue weighted by Gasteiger charge is 2.32. The first-order valence-electron chi connectivity index (χ1n) is 10.4. The summed E-state index contributed by atoms with van der Waals surface area (Å²) in [6, 6.07) is 10.3. The smallest absolute Gasteiger partial charge is 0.369 e. The third kappa shape index (κ3) is 5.45. The van der Waals surface area contributed by atoms with Gasteiger partial charge in [-0.1, -0.05) is 23.7 Å². The van der Waals surface area contributed by atoms with Gasteiger partial charge >= 0.3 is 6.18 Å². The molecule has 0 spiro atoms. The quantitative estimate of drug-likeness (QED) is 0.429. The van der Waals surface area contributed by atoms with Crippen molar-refractivity contribution in [2.24, 2.45) is 0 Å². The molecule has 3 aromatic rings. The molecule has 0 saturated carbocycles. The number of rotatable bonds is 5. The number of benzene rings is 2. The molecule has 3 nitrogen and oxygen atoms in total. The molecule has 174 valence electrons. The van der Waals surface area contributed by atoms with Crippen molar-refractivity contribution in [3.8, 4) is 0 Å². The zero-order chi connectivity index (χ0) is 23.6. The molecule has 1 aliphatic heterocycles. The molecule has 4 rings (SSSR count). The topological polar surface area (TPSA) is 28.2 Å². The summed E-state index contributed by atoms with van der Waals surface area (Å²) >= 11 is 5.91. The minimum absolute atomic E-state index is 0.0148. The summed E-state index contributed by atoms with van der Waals surface area (Å²) in [4.78, 5) is 5.87. The van der Waals surface area contributed by atoms with Gasteiger partial charge in [-0.05, 0) is 54.8 Å². The van der Waals surface area contributed by atoms with Crippen LogP contribution in [0, 0.1) is 11.6 Å². The Labute approximate surface area is 193 Å². The molecule has 33 heavy (non-hydrogen) atoms. The van der Waals surface area contributed by atoms with E-state index in [4.69, 9.17) is 11.6 Å². The molecular weight excluding hydrogens is 461 g/mol. The van der Waals surface area contributed by atoms with Gasteiger partial charge in [-0.2, -0.15) is 13.2 Å². The Balaban J connectivity index is 1.48. The monoisotopic (exact) mass is 481 g/mol. The van der Waals surface area contributed by atoms with Gasteiger partial charge in [0.05, 0.1) is 17.3 Å². The summed E-state index contributed by atoms with van der Waals surface area (Å²) in [6.45, 7) is 0.894. The van der Waals surface area contributed by atoms with E-state index in [1.165, 1.54) is 12.1 Å². The van der Waals surface area contributed by atoms with Crippen LogP contribution >= 0.6 is 11.6 Å². The van der Waals surface area contributed by atoms with Crippen LogP contribution in [-0.2, 0) is 6.18 Å². The maximum atomic E-state index is 14.7. The number of alkyl halides is 3. The number of aromatic nitrogens is 1. The first kappa shape index (κ1) is 23.4. The minimum atomic E-state index is -4.59. The van der Waals surface area contributed by atoms with Crippen LogP contribution in [0.5, 0.6) is 0 Å². The Morgan fingerprint density at radius 2 is 1.76 bits per heavy atom. The molecule has 0 radical (unpaired) electrons. The summed E-state index contributed by atoms with van der Waals surface area (Å²) in [7, 11) is 0. The van der Waals surface area contributed by atoms with Crippen LogP contribution < -0.4 is 10.2 Å². The summed E-state index contributed by atoms with van der Waals surface area (Å²) in [5.41, 5.74) is 0.358. The Kier molecular flexibility index (Phi) is 6.86. The molecule has 1 atom stereocenters. The predicted molar refractivity (Wildman–Crippen MR) is 117 cm³/mol. The van der Waals surface area contributed by atoms with Crippen LogP contribution in [0.15, 0.2) is 60.9 Å². The van der Waals surface area contributed by atoms with Crippen molar-refractivity contribution < 1.29 is 22.0 Å². The fourth-order valence-electron chi connectivity index (χ4n) is 4.11. The van der Waals surface area contributed by atoms with E-state index in [1.54, 1.807) is 35.5 Å². The first-order valence-corrected chi connectivity index (χ1v) is 10.8. The van der Waals surface area contributed by atoms with Gasteiger partial charge < -0.3 is 10.2 Å². The zero-order valence-electron chi connectivity index (χ0n) is 17.4. The van der Waals surface area contributed by atoms with E-state index in [2.05, 4.69) is 10.3 Å². The number of piperidine rings is 1. The highest BCUT2D eigenvalue weighted by molar-refractivity contribution is 6.30. The molecule has 1 saturated heterocycles. The van der Waals surface area contributed by atoms with Crippen LogP contribution in [0.4, 0.5) is 27.6 Å². The molecule has 2 aromatic carbocycles. The standard InChI is InChI=1S/C24H21ClF5N3/c25-17-4-5-19(20(26)13-17)23(15-2-1-9-31-14-15)32-18-7-10-33(11-8-18)22-6-3-16(12-21(22)27)24(28,29)30/h1-6,9,12-14,18,23,32H,7-8,10-11H2. The molecule has 1 aliphatic rings. The van der Waals surface area contributed by atoms with Gasteiger partial charge in [-0.25, -0.2) is 8.78 Å². The summed E-state index contributed by atoms with van der Waals surface area (Å²) < 4.78 is 67.5. The zero-order valence-corrected chi connectivity index (χ0v) is 18.2. The summed E-state index contributed by atoms with van der Waals surface area (Å²) in [5.74, 6) is -1.33. The van der Waals surface area contributed by atoms with Crippen molar-refractivity contribution in [2.45, 2.75) is 31.1 Å². The highest BCUT2D eigenvalue weighted by Crippen LogP contribution is 2.33. The lowest BCUT2D eigenvalue weighted by atomic mass is 9.96. The number of pyridine rings is 1. The van der Waals surface area contributed by atoms with Gasteiger partial charge in [-0.15, -0.1) is 0 Å². The van der Waals surface area contributed by atoms with E-state index in [1.807, 2.05) is 6.07 Å². The largest absolute Gasteiger partial charge is 0.416 e. The fraction of sp³-hybridized carbons (Fsp3) is 0.292. The maximum absolute atomic E-state index is 14.7. The lowest BCUT2D eigenvalue weighted by Gasteiger charge is -2.36. The second-order valence-corrected chi connectivity index (χ2v) is 8.41. The van der Waals surface area contributed by atoms with Crippen molar-refractivity contribution in [3.05, 3.63) is 94.3 Å². The molecule has 1 aromatic heterocycles. The van der Waals surface area contributed by atoms with Crippen LogP contribution in [0.1, 0.15) is 35.6 Å². The molecular formula is C24H21ClF5N3. The molecule has 2 heterocycles. The predicted octanol–water partition coefficient (Wildman–Crippen LogP) is 6.38. The molecule has 0 aliphatic carbocycles. The number of nitrogens with zero attached hydrogens (tertiary/aromatic N) is 2. The highest BCUT2D eigenvalue weighted by atomic mass is 35.5. The van der Waals surface area contributed by atoms with Crippen LogP contribution in [-0.4, -0.2) is 24.1 Å². The number of nitrogens with one attached hydrogen (secondary N) is 1. The number of hydrogen-bond acceptors (Lipinski definition) is 3. The molecule has 9 heteroatoms. The number of anilines is 1. The van der Waals surface area contributed by atoms with Gasteiger partial charge in [0.25, 0.3) is 0 Å². The Morgan fingerprint density at radius 3 is 2.36 bits per heavy atom. The van der Waals surface area contributed by atoms with Gasteiger partial charge in [0.1, 0.15) is 11.6 Å². The second-order valence-electron chi connectivity index (χ2n) is 7.98. The van der Waals surface area contributed by atoms with E-state index in [-0.39, 0.29) is 11.7 Å². The van der Waals surface area contributed by atoms with E-state index in [9.17, 15) is 22.0 Å². The Hall–Kier alpha value is -2.71. The Morgan fingerprint density at radius 1 is 1.00 bits per heavy atom. The molecule has 1 N–H and O–H groups in total. The van der Waals surface area contributed by atoms with E-state index in [0.717, 1.165) is 11.6 Å². The second kappa shape index (κ2) is 9.65. The van der Waals surface area contributed by atoms with Crippen molar-refractivity contribution in [3.63, 3.8) is 0 Å². The van der Waals surface area contributed by atoms with Crippen molar-refractivity contribution in [1.29, 1.82) is 0 Å². The molecule has 0 bridgehead atoms. The van der Waals surface area contributed by atoms with Crippen molar-refractivity contribution in [1.82, 2.24) is 10.3 Å². The first-order chi connectivity index (χ1) is 15.7. The van der Waals surface area contributed by atoms with Gasteiger partial charge in [0.15, 0.2) is 0 Å². The Bertz CT molecular complexity index is 1100. The van der Waals surface area contributed by atoms with E-state index < -0.39 is 29.4 Å². The molecule has 1 unspecified atom stereocenters. The number of halogens is 6.